The highest BCUT2D eigenvalue weighted by Gasteiger charge is 2.81. The maximum atomic E-state index is 14.8. The highest BCUT2D eigenvalue weighted by atomic mass is 19.4. The lowest BCUT2D eigenvalue weighted by atomic mass is 9.52. The summed E-state index contributed by atoms with van der Waals surface area (Å²) in [5.41, 5.74) is 3.23. The number of halogens is 9. The Kier molecular flexibility index (Phi) is 14.4. The molecule has 1 aliphatic heterocycles. The van der Waals surface area contributed by atoms with Gasteiger partial charge in [0, 0.05) is 19.4 Å². The molecule has 2 aromatic rings. The standard InChI is InChI=1S/C47H61F9N2O4/c1-29-40(30-15-13-10-14-16-30)58(42(61)57(29)3)41(60)31(23-26-44(48,49)45(50,51)46(52,53)47(54,55)56)17-11-8-6-5-7-9-12-18-32-27-33-28-34(62-4)19-20-35(33)36-24-25-43(2)37(39(32)36)21-22-38(43)59/h10,13-16,19-20,28-29,31-32,36-40,59H,5-9,11-12,17-18,21-27H2,1-4H3/t29-,31+,32+,36?,37?,38-,39?,40-,43-/m0/s1. The molecular weight excluding hydrogens is 828 g/mol. The Labute approximate surface area is 358 Å². The smallest absolute Gasteiger partial charge is 0.460 e. The number of methoxy groups -OCH3 is 1. The molecule has 0 radical (unpaired) electrons. The average molecular weight is 889 g/mol. The van der Waals surface area contributed by atoms with Crippen molar-refractivity contribution in [2.45, 2.75) is 165 Å². The number of hydrogen-bond donors (Lipinski definition) is 1. The van der Waals surface area contributed by atoms with Crippen LogP contribution < -0.4 is 4.74 Å². The fourth-order valence-corrected chi connectivity index (χ4v) is 11.5. The summed E-state index contributed by atoms with van der Waals surface area (Å²) in [5, 5.41) is 11.0. The first-order valence-electron chi connectivity index (χ1n) is 22.3. The zero-order chi connectivity index (χ0) is 45.4. The normalized spacial score (nSPS) is 28.4. The van der Waals surface area contributed by atoms with Crippen LogP contribution in [0.5, 0.6) is 5.75 Å². The third kappa shape index (κ3) is 8.95. The second-order valence-corrected chi connectivity index (χ2v) is 18.8. The zero-order valence-electron chi connectivity index (χ0n) is 36.0. The highest BCUT2D eigenvalue weighted by molar-refractivity contribution is 5.98. The molecule has 3 aliphatic carbocycles. The molecule has 0 bridgehead atoms. The lowest BCUT2D eigenvalue weighted by Gasteiger charge is -2.53. The number of ether oxygens (including phenoxy) is 1. The first-order chi connectivity index (χ1) is 29.1. The van der Waals surface area contributed by atoms with Crippen LogP contribution in [0.15, 0.2) is 48.5 Å². The van der Waals surface area contributed by atoms with Crippen molar-refractivity contribution in [3.05, 3.63) is 65.2 Å². The molecule has 1 N–H and O–H groups in total. The van der Waals surface area contributed by atoms with Crippen LogP contribution >= 0.6 is 0 Å². The van der Waals surface area contributed by atoms with Gasteiger partial charge in [0.1, 0.15) is 5.75 Å². The Balaban J connectivity index is 1.06. The monoisotopic (exact) mass is 888 g/mol. The van der Waals surface area contributed by atoms with Gasteiger partial charge < -0.3 is 14.7 Å². The Morgan fingerprint density at radius 3 is 2.16 bits per heavy atom. The van der Waals surface area contributed by atoms with Gasteiger partial charge in [-0.1, -0.05) is 88.3 Å². The van der Waals surface area contributed by atoms with Gasteiger partial charge in [-0.2, -0.15) is 39.5 Å². The number of rotatable bonds is 18. The molecule has 2 saturated carbocycles. The summed E-state index contributed by atoms with van der Waals surface area (Å²) in [7, 11) is 3.11. The van der Waals surface area contributed by atoms with Crippen molar-refractivity contribution in [1.82, 2.24) is 9.80 Å². The van der Waals surface area contributed by atoms with Crippen molar-refractivity contribution in [2.24, 2.45) is 29.1 Å². The molecule has 3 amide bonds. The molecule has 0 spiro atoms. The number of urea groups is 1. The number of likely N-dealkylation sites (N-methyl/N-ethyl adjacent to an activating group) is 1. The molecule has 9 atom stereocenters. The van der Waals surface area contributed by atoms with Gasteiger partial charge in [-0.15, -0.1) is 0 Å². The summed E-state index contributed by atoms with van der Waals surface area (Å²) in [4.78, 5) is 29.6. The molecule has 62 heavy (non-hydrogen) atoms. The average Bonchev–Trinajstić information content (AvgIpc) is 3.66. The van der Waals surface area contributed by atoms with Crippen LogP contribution in [-0.2, 0) is 11.2 Å². The van der Waals surface area contributed by atoms with Crippen molar-refractivity contribution in [1.29, 1.82) is 0 Å². The summed E-state index contributed by atoms with van der Waals surface area (Å²) in [6.07, 6.45) is 0.484. The van der Waals surface area contributed by atoms with Gasteiger partial charge >= 0.3 is 30.0 Å². The van der Waals surface area contributed by atoms with Crippen LogP contribution in [0.3, 0.4) is 0 Å². The van der Waals surface area contributed by atoms with Crippen molar-refractivity contribution in [3.8, 4) is 5.75 Å². The summed E-state index contributed by atoms with van der Waals surface area (Å²) in [6, 6.07) is 12.6. The molecule has 6 nitrogen and oxygen atoms in total. The van der Waals surface area contributed by atoms with Crippen molar-refractivity contribution in [2.75, 3.05) is 14.2 Å². The molecule has 1 heterocycles. The molecule has 6 rings (SSSR count). The molecule has 3 fully saturated rings. The lowest BCUT2D eigenvalue weighted by Crippen LogP contribution is -2.60. The lowest BCUT2D eigenvalue weighted by molar-refractivity contribution is -0.396. The number of imide groups is 1. The molecular formula is C47H61F9N2O4. The number of nitrogens with zero attached hydrogens (tertiary/aromatic N) is 2. The number of unbranched alkanes of at least 4 members (excludes halogenated alkanes) is 6. The van der Waals surface area contributed by atoms with E-state index in [1.54, 1.807) is 44.4 Å². The number of carbonyl (C=O) groups excluding carboxylic acids is 2. The van der Waals surface area contributed by atoms with Gasteiger partial charge in [-0.05, 0) is 116 Å². The van der Waals surface area contributed by atoms with Gasteiger partial charge in [0.2, 0.25) is 5.91 Å². The summed E-state index contributed by atoms with van der Waals surface area (Å²) < 4.78 is 130. The van der Waals surface area contributed by atoms with E-state index in [0.29, 0.717) is 42.1 Å². The molecule has 3 unspecified atom stereocenters. The van der Waals surface area contributed by atoms with Gasteiger partial charge in [-0.3, -0.25) is 9.69 Å². The van der Waals surface area contributed by atoms with Gasteiger partial charge in [-0.25, -0.2) is 4.79 Å². The first kappa shape index (κ1) is 48.0. The third-order valence-electron chi connectivity index (χ3n) is 15.3. The SMILES string of the molecule is COc1ccc2c(c1)C[C@@H](CCCCCCCCC[C@H](CCC(F)(F)C(F)(F)C(F)(F)C(F)(F)F)C(=O)N1C(=O)N(C)[C@@H](C)[C@H]1c1ccccc1)C1C2CC[C@@]2(C)C1CC[C@@H]2O. The second kappa shape index (κ2) is 18.5. The minimum Gasteiger partial charge on any atom is -0.497 e. The summed E-state index contributed by atoms with van der Waals surface area (Å²) >= 11 is 0. The van der Waals surface area contributed by atoms with E-state index in [0.717, 1.165) is 74.9 Å². The van der Waals surface area contributed by atoms with Crippen molar-refractivity contribution in [3.63, 3.8) is 0 Å². The predicted octanol–water partition coefficient (Wildman–Crippen LogP) is 12.5. The van der Waals surface area contributed by atoms with Crippen molar-refractivity contribution < 1.29 is 58.9 Å². The maximum Gasteiger partial charge on any atom is 0.460 e. The largest absolute Gasteiger partial charge is 0.497 e. The fraction of sp³-hybridized carbons (Fsp3) is 0.702. The van der Waals surface area contributed by atoms with E-state index in [1.807, 2.05) is 6.07 Å². The number of aliphatic hydroxyl groups excluding tert-OH is 1. The number of aliphatic hydroxyl groups is 1. The summed E-state index contributed by atoms with van der Waals surface area (Å²) in [6.45, 7) is 3.94. The summed E-state index contributed by atoms with van der Waals surface area (Å²) in [5.74, 6) is -19.4. The van der Waals surface area contributed by atoms with Crippen LogP contribution in [-0.4, -0.2) is 77.1 Å². The van der Waals surface area contributed by atoms with Gasteiger partial charge in [0.25, 0.3) is 0 Å². The van der Waals surface area contributed by atoms with E-state index >= 15 is 0 Å². The minimum absolute atomic E-state index is 0.0663. The predicted molar refractivity (Wildman–Crippen MR) is 216 cm³/mol. The second-order valence-electron chi connectivity index (χ2n) is 18.8. The van der Waals surface area contributed by atoms with Crippen LogP contribution in [0.1, 0.15) is 139 Å². The topological polar surface area (TPSA) is 70.1 Å². The number of benzene rings is 2. The van der Waals surface area contributed by atoms with Crippen LogP contribution in [0.4, 0.5) is 44.3 Å². The van der Waals surface area contributed by atoms with E-state index in [-0.39, 0.29) is 24.4 Å². The number of carbonyl (C=O) groups is 2. The number of amides is 3. The fourth-order valence-electron chi connectivity index (χ4n) is 11.5. The molecule has 15 heteroatoms. The molecule has 4 aliphatic rings. The zero-order valence-corrected chi connectivity index (χ0v) is 36.0. The van der Waals surface area contributed by atoms with E-state index in [1.165, 1.54) is 23.1 Å². The Hall–Kier alpha value is -3.49. The molecule has 2 aromatic carbocycles. The Bertz CT molecular complexity index is 1860. The maximum absolute atomic E-state index is 14.8. The Morgan fingerprint density at radius 1 is 0.871 bits per heavy atom. The van der Waals surface area contributed by atoms with Gasteiger partial charge in [0.15, 0.2) is 0 Å². The molecule has 346 valence electrons. The minimum atomic E-state index is -7.03. The van der Waals surface area contributed by atoms with Gasteiger partial charge in [0.05, 0.1) is 25.3 Å². The third-order valence-corrected chi connectivity index (χ3v) is 15.3. The van der Waals surface area contributed by atoms with E-state index < -0.39 is 66.7 Å². The van der Waals surface area contributed by atoms with Crippen molar-refractivity contribution >= 4 is 11.9 Å². The Morgan fingerprint density at radius 2 is 1.52 bits per heavy atom. The van der Waals surface area contributed by atoms with Crippen LogP contribution in [0.25, 0.3) is 0 Å². The number of fused-ring (bicyclic) bond motifs is 5. The van der Waals surface area contributed by atoms with Crippen LogP contribution in [0, 0.1) is 29.1 Å². The number of alkyl halides is 9. The quantitative estimate of drug-likeness (QED) is 0.120. The number of hydrogen-bond acceptors (Lipinski definition) is 4. The first-order valence-corrected chi connectivity index (χ1v) is 22.3. The van der Waals surface area contributed by atoms with E-state index in [4.69, 9.17) is 4.74 Å². The van der Waals surface area contributed by atoms with E-state index in [2.05, 4.69) is 19.1 Å². The molecule has 1 saturated heterocycles. The van der Waals surface area contributed by atoms with E-state index in [9.17, 15) is 54.2 Å². The van der Waals surface area contributed by atoms with Crippen LogP contribution in [0.2, 0.25) is 0 Å². The molecule has 0 aromatic heterocycles. The highest BCUT2D eigenvalue weighted by Crippen LogP contribution is 2.63.